The van der Waals surface area contributed by atoms with E-state index >= 15 is 0 Å². The molecular weight excluding hydrogens is 368 g/mol. The van der Waals surface area contributed by atoms with Crippen molar-refractivity contribution in [3.63, 3.8) is 0 Å². The Kier molecular flexibility index (Phi) is 5.86. The second-order valence-electron chi connectivity index (χ2n) is 8.57. The predicted molar refractivity (Wildman–Crippen MR) is 110 cm³/mol. The zero-order valence-electron chi connectivity index (χ0n) is 17.4. The van der Waals surface area contributed by atoms with Crippen LogP contribution in [0.2, 0.25) is 0 Å². The standard InChI is InChI=1S/C22H28N4O3/c1-22(2,3)21(29)26-12-9-16(10-13-26)20(28)24-17-7-5-15(6-8-17)18(27)19-23-11-14-25(19)4/h5-8,11,14,16H,9-10,12-13H2,1-4H3,(H,24,28). The highest BCUT2D eigenvalue weighted by Gasteiger charge is 2.32. The number of imidazole rings is 1. The SMILES string of the molecule is Cn1ccnc1C(=O)c1ccc(NC(=O)C2CCN(C(=O)C(C)(C)C)CC2)cc1. The molecule has 7 nitrogen and oxygen atoms in total. The molecule has 29 heavy (non-hydrogen) atoms. The number of carbonyl (C=O) groups is 3. The summed E-state index contributed by atoms with van der Waals surface area (Å²) in [6.45, 7) is 6.94. The average Bonchev–Trinajstić information content (AvgIpc) is 3.12. The van der Waals surface area contributed by atoms with Gasteiger partial charge in [-0.3, -0.25) is 14.4 Å². The van der Waals surface area contributed by atoms with Crippen molar-refractivity contribution in [2.75, 3.05) is 18.4 Å². The quantitative estimate of drug-likeness (QED) is 0.806. The maximum absolute atomic E-state index is 12.6. The maximum Gasteiger partial charge on any atom is 0.228 e. The molecule has 2 amide bonds. The van der Waals surface area contributed by atoms with Gasteiger partial charge in [-0.2, -0.15) is 0 Å². The van der Waals surface area contributed by atoms with Gasteiger partial charge in [-0.15, -0.1) is 0 Å². The van der Waals surface area contributed by atoms with Crippen LogP contribution in [0.5, 0.6) is 0 Å². The van der Waals surface area contributed by atoms with E-state index in [1.807, 2.05) is 25.7 Å². The van der Waals surface area contributed by atoms with Crippen molar-refractivity contribution < 1.29 is 14.4 Å². The summed E-state index contributed by atoms with van der Waals surface area (Å²) < 4.78 is 1.68. The Hall–Kier alpha value is -2.96. The minimum atomic E-state index is -0.400. The van der Waals surface area contributed by atoms with E-state index < -0.39 is 5.41 Å². The molecule has 2 heterocycles. The third kappa shape index (κ3) is 4.72. The van der Waals surface area contributed by atoms with Gasteiger partial charge < -0.3 is 14.8 Å². The summed E-state index contributed by atoms with van der Waals surface area (Å²) in [5.41, 5.74) is 0.773. The molecule has 1 aliphatic heterocycles. The molecule has 0 saturated carbocycles. The molecule has 0 atom stereocenters. The maximum atomic E-state index is 12.6. The number of carbonyl (C=O) groups excluding carboxylic acids is 3. The Morgan fingerprint density at radius 2 is 1.69 bits per heavy atom. The van der Waals surface area contributed by atoms with Gasteiger partial charge in [0.2, 0.25) is 17.6 Å². The second-order valence-corrected chi connectivity index (χ2v) is 8.57. The summed E-state index contributed by atoms with van der Waals surface area (Å²) in [5, 5.41) is 2.92. The van der Waals surface area contributed by atoms with Crippen molar-refractivity contribution >= 4 is 23.3 Å². The number of ketones is 1. The molecule has 1 saturated heterocycles. The monoisotopic (exact) mass is 396 g/mol. The van der Waals surface area contributed by atoms with Crippen LogP contribution in [-0.2, 0) is 16.6 Å². The van der Waals surface area contributed by atoms with Crippen LogP contribution in [0.15, 0.2) is 36.7 Å². The van der Waals surface area contributed by atoms with Crippen molar-refractivity contribution in [1.29, 1.82) is 0 Å². The Morgan fingerprint density at radius 1 is 1.07 bits per heavy atom. The van der Waals surface area contributed by atoms with Crippen molar-refractivity contribution in [1.82, 2.24) is 14.5 Å². The summed E-state index contributed by atoms with van der Waals surface area (Å²) in [6, 6.07) is 6.84. The van der Waals surface area contributed by atoms with Crippen LogP contribution in [0.25, 0.3) is 0 Å². The lowest BCUT2D eigenvalue weighted by atomic mass is 9.90. The van der Waals surface area contributed by atoms with Gasteiger partial charge in [0.15, 0.2) is 5.82 Å². The number of anilines is 1. The van der Waals surface area contributed by atoms with Gasteiger partial charge in [0, 0.05) is 55.1 Å². The fourth-order valence-corrected chi connectivity index (χ4v) is 3.48. The first-order valence-corrected chi connectivity index (χ1v) is 9.89. The second kappa shape index (κ2) is 8.19. The fourth-order valence-electron chi connectivity index (χ4n) is 3.48. The number of piperidine rings is 1. The largest absolute Gasteiger partial charge is 0.342 e. The number of likely N-dealkylation sites (tertiary alicyclic amines) is 1. The van der Waals surface area contributed by atoms with Gasteiger partial charge in [-0.1, -0.05) is 20.8 Å². The van der Waals surface area contributed by atoms with Crippen LogP contribution < -0.4 is 5.32 Å². The minimum absolute atomic E-state index is 0.0453. The first kappa shape index (κ1) is 20.8. The molecule has 1 N–H and O–H groups in total. The number of hydrogen-bond acceptors (Lipinski definition) is 4. The van der Waals surface area contributed by atoms with E-state index in [0.717, 1.165) is 0 Å². The van der Waals surface area contributed by atoms with E-state index in [2.05, 4.69) is 10.3 Å². The molecule has 2 aromatic rings. The fraction of sp³-hybridized carbons (Fsp3) is 0.455. The first-order chi connectivity index (χ1) is 13.7. The summed E-state index contributed by atoms with van der Waals surface area (Å²) >= 11 is 0. The Bertz CT molecular complexity index is 901. The molecule has 1 aliphatic rings. The average molecular weight is 396 g/mol. The Balaban J connectivity index is 1.56. The van der Waals surface area contributed by atoms with Crippen LogP contribution in [0.3, 0.4) is 0 Å². The van der Waals surface area contributed by atoms with E-state index in [1.165, 1.54) is 0 Å². The zero-order chi connectivity index (χ0) is 21.2. The number of aromatic nitrogens is 2. The summed E-state index contributed by atoms with van der Waals surface area (Å²) in [5.74, 6) is 0.179. The van der Waals surface area contributed by atoms with Crippen molar-refractivity contribution in [3.05, 3.63) is 48.0 Å². The highest BCUT2D eigenvalue weighted by Crippen LogP contribution is 2.24. The zero-order valence-corrected chi connectivity index (χ0v) is 17.4. The number of nitrogens with one attached hydrogen (secondary N) is 1. The molecule has 7 heteroatoms. The molecule has 0 unspecified atom stereocenters. The number of amides is 2. The van der Waals surface area contributed by atoms with Crippen LogP contribution in [0.1, 0.15) is 49.8 Å². The van der Waals surface area contributed by atoms with Gasteiger partial charge in [-0.25, -0.2) is 4.98 Å². The number of aryl methyl sites for hydroxylation is 1. The molecule has 0 radical (unpaired) electrons. The van der Waals surface area contributed by atoms with Crippen molar-refractivity contribution in [3.8, 4) is 0 Å². The van der Waals surface area contributed by atoms with Crippen LogP contribution >= 0.6 is 0 Å². The molecule has 1 aromatic carbocycles. The number of hydrogen-bond donors (Lipinski definition) is 1. The van der Waals surface area contributed by atoms with Gasteiger partial charge in [-0.05, 0) is 37.1 Å². The molecule has 3 rings (SSSR count). The van der Waals surface area contributed by atoms with Crippen molar-refractivity contribution in [2.24, 2.45) is 18.4 Å². The lowest BCUT2D eigenvalue weighted by Crippen LogP contribution is -2.45. The van der Waals surface area contributed by atoms with Crippen molar-refractivity contribution in [2.45, 2.75) is 33.6 Å². The van der Waals surface area contributed by atoms with E-state index in [-0.39, 0.29) is 23.5 Å². The van der Waals surface area contributed by atoms with Crippen LogP contribution in [-0.4, -0.2) is 45.1 Å². The topological polar surface area (TPSA) is 84.3 Å². The normalized spacial score (nSPS) is 15.2. The number of benzene rings is 1. The third-order valence-corrected chi connectivity index (χ3v) is 5.23. The summed E-state index contributed by atoms with van der Waals surface area (Å²) in [6.07, 6.45) is 4.62. The highest BCUT2D eigenvalue weighted by molar-refractivity contribution is 6.07. The smallest absolute Gasteiger partial charge is 0.228 e. The Morgan fingerprint density at radius 3 is 2.21 bits per heavy atom. The minimum Gasteiger partial charge on any atom is -0.342 e. The third-order valence-electron chi connectivity index (χ3n) is 5.23. The Labute approximate surface area is 171 Å². The summed E-state index contributed by atoms with van der Waals surface area (Å²) in [7, 11) is 1.77. The van der Waals surface area contributed by atoms with Gasteiger partial charge >= 0.3 is 0 Å². The molecule has 1 aromatic heterocycles. The van der Waals surface area contributed by atoms with E-state index in [1.54, 1.807) is 48.3 Å². The van der Waals surface area contributed by atoms with E-state index in [4.69, 9.17) is 0 Å². The number of nitrogens with zero attached hydrogens (tertiary/aromatic N) is 3. The molecule has 0 aliphatic carbocycles. The lowest BCUT2D eigenvalue weighted by Gasteiger charge is -2.35. The number of rotatable bonds is 4. The summed E-state index contributed by atoms with van der Waals surface area (Å²) in [4.78, 5) is 43.4. The molecule has 0 spiro atoms. The lowest BCUT2D eigenvalue weighted by molar-refractivity contribution is -0.142. The van der Waals surface area contributed by atoms with Gasteiger partial charge in [0.25, 0.3) is 0 Å². The van der Waals surface area contributed by atoms with Gasteiger partial charge in [0.05, 0.1) is 0 Å². The molecule has 154 valence electrons. The van der Waals surface area contributed by atoms with Crippen LogP contribution in [0, 0.1) is 11.3 Å². The molecular formula is C22H28N4O3. The predicted octanol–water partition coefficient (Wildman–Crippen LogP) is 2.87. The molecule has 1 fully saturated rings. The van der Waals surface area contributed by atoms with Crippen LogP contribution in [0.4, 0.5) is 5.69 Å². The van der Waals surface area contributed by atoms with E-state index in [9.17, 15) is 14.4 Å². The highest BCUT2D eigenvalue weighted by atomic mass is 16.2. The van der Waals surface area contributed by atoms with Gasteiger partial charge in [0.1, 0.15) is 0 Å². The van der Waals surface area contributed by atoms with E-state index in [0.29, 0.717) is 43.0 Å². The molecule has 0 bridgehead atoms. The first-order valence-electron chi connectivity index (χ1n) is 9.89.